The van der Waals surface area contributed by atoms with Gasteiger partial charge in [0.1, 0.15) is 11.4 Å². The first-order valence-electron chi connectivity index (χ1n) is 12.9. The Bertz CT molecular complexity index is 2070. The fraction of sp³-hybridized carbons (Fsp3) is 0.0968. The highest BCUT2D eigenvalue weighted by Gasteiger charge is 2.24. The topological polar surface area (TPSA) is 133 Å². The fourth-order valence-electron chi connectivity index (χ4n) is 4.65. The number of para-hydroxylation sites is 1. The van der Waals surface area contributed by atoms with Crippen LogP contribution in [0.1, 0.15) is 45.8 Å². The molecule has 0 spiro atoms. The number of pyridine rings is 1. The van der Waals surface area contributed by atoms with Crippen LogP contribution in [0.5, 0.6) is 0 Å². The molecule has 10 heteroatoms. The molecule has 6 rings (SSSR count). The summed E-state index contributed by atoms with van der Waals surface area (Å²) in [7, 11) is 0. The molecule has 0 saturated heterocycles. The molecule has 200 valence electrons. The molecule has 0 aliphatic heterocycles. The number of amides is 1. The number of nitrogens with one attached hydrogen (secondary N) is 1. The summed E-state index contributed by atoms with van der Waals surface area (Å²) < 4.78 is 2.95. The van der Waals surface area contributed by atoms with E-state index in [4.69, 9.17) is 10.7 Å². The van der Waals surface area contributed by atoms with Gasteiger partial charge in [0.25, 0.3) is 11.5 Å². The molecule has 3 N–H and O–H groups in total. The third-order valence-electron chi connectivity index (χ3n) is 6.69. The molecule has 2 aromatic carbocycles. The summed E-state index contributed by atoms with van der Waals surface area (Å²) in [6, 6.07) is 17.4. The molecular formula is C31H24N8O2. The van der Waals surface area contributed by atoms with E-state index in [0.29, 0.717) is 33.6 Å². The summed E-state index contributed by atoms with van der Waals surface area (Å²) in [6.07, 6.45) is 6.63. The molecular weight excluding hydrogens is 516 g/mol. The van der Waals surface area contributed by atoms with Gasteiger partial charge in [-0.2, -0.15) is 0 Å². The first-order chi connectivity index (χ1) is 19.9. The van der Waals surface area contributed by atoms with Crippen LogP contribution in [0.3, 0.4) is 0 Å². The number of aromatic nitrogens is 6. The molecule has 4 heterocycles. The third kappa shape index (κ3) is 4.66. The van der Waals surface area contributed by atoms with E-state index < -0.39 is 11.9 Å². The molecule has 6 aromatic rings. The van der Waals surface area contributed by atoms with Crippen LogP contribution in [-0.2, 0) is 0 Å². The summed E-state index contributed by atoms with van der Waals surface area (Å²) in [5.74, 6) is 6.19. The molecule has 1 amide bonds. The summed E-state index contributed by atoms with van der Waals surface area (Å²) >= 11 is 0. The lowest BCUT2D eigenvalue weighted by atomic mass is 10.1. The number of carbonyl (C=O) groups is 1. The SMILES string of the molecule is Cc1ccncc1C#Cc1cccc2nc([C@H](C)NC(=O)c3c(N)nn4cccnc34)n(-c3ccccc3)c(=O)c12. The van der Waals surface area contributed by atoms with Crippen molar-refractivity contribution in [2.24, 2.45) is 0 Å². The summed E-state index contributed by atoms with van der Waals surface area (Å²) in [5, 5.41) is 7.48. The average Bonchev–Trinajstić information content (AvgIpc) is 3.32. The minimum Gasteiger partial charge on any atom is -0.381 e. The zero-order chi connectivity index (χ0) is 28.5. The third-order valence-corrected chi connectivity index (χ3v) is 6.69. The van der Waals surface area contributed by atoms with Crippen molar-refractivity contribution in [1.82, 2.24) is 34.4 Å². The highest BCUT2D eigenvalue weighted by atomic mass is 16.2. The van der Waals surface area contributed by atoms with Crippen LogP contribution in [0.4, 0.5) is 5.82 Å². The number of hydrogen-bond donors (Lipinski definition) is 2. The fourth-order valence-corrected chi connectivity index (χ4v) is 4.65. The lowest BCUT2D eigenvalue weighted by Crippen LogP contribution is -2.33. The number of fused-ring (bicyclic) bond motifs is 2. The van der Waals surface area contributed by atoms with Crippen LogP contribution in [0.25, 0.3) is 22.2 Å². The maximum Gasteiger partial charge on any atom is 0.267 e. The molecule has 0 aliphatic rings. The number of anilines is 1. The molecule has 0 bridgehead atoms. The average molecular weight is 541 g/mol. The van der Waals surface area contributed by atoms with Gasteiger partial charge >= 0.3 is 0 Å². The van der Waals surface area contributed by atoms with Gasteiger partial charge in [0.2, 0.25) is 0 Å². The highest BCUT2D eigenvalue weighted by Crippen LogP contribution is 2.22. The predicted octanol–water partition coefficient (Wildman–Crippen LogP) is 3.60. The van der Waals surface area contributed by atoms with Crippen molar-refractivity contribution in [3.8, 4) is 17.5 Å². The number of benzene rings is 2. The van der Waals surface area contributed by atoms with Gasteiger partial charge in [-0.05, 0) is 55.8 Å². The number of nitrogens with zero attached hydrogens (tertiary/aromatic N) is 6. The summed E-state index contributed by atoms with van der Waals surface area (Å²) in [4.78, 5) is 40.9. The highest BCUT2D eigenvalue weighted by molar-refractivity contribution is 6.04. The largest absolute Gasteiger partial charge is 0.381 e. The van der Waals surface area contributed by atoms with Gasteiger partial charge in [0.15, 0.2) is 11.5 Å². The van der Waals surface area contributed by atoms with Crippen LogP contribution >= 0.6 is 0 Å². The van der Waals surface area contributed by atoms with Crippen LogP contribution < -0.4 is 16.6 Å². The Hall–Kier alpha value is -5.82. The van der Waals surface area contributed by atoms with Gasteiger partial charge in [-0.25, -0.2) is 14.5 Å². The zero-order valence-corrected chi connectivity index (χ0v) is 22.2. The van der Waals surface area contributed by atoms with E-state index in [9.17, 15) is 9.59 Å². The summed E-state index contributed by atoms with van der Waals surface area (Å²) in [5.41, 5.74) is 9.61. The number of aryl methyl sites for hydroxylation is 1. The number of carbonyl (C=O) groups excluding carboxylic acids is 1. The minimum absolute atomic E-state index is 0.0485. The number of hydrogen-bond acceptors (Lipinski definition) is 7. The molecule has 41 heavy (non-hydrogen) atoms. The Kier molecular flexibility index (Phi) is 6.45. The second kappa shape index (κ2) is 10.4. The van der Waals surface area contributed by atoms with E-state index in [-0.39, 0.29) is 16.9 Å². The van der Waals surface area contributed by atoms with Gasteiger partial charge < -0.3 is 11.1 Å². The molecule has 0 unspecified atom stereocenters. The molecule has 4 aromatic heterocycles. The molecule has 0 radical (unpaired) electrons. The standard InChI is InChI=1S/C31H24N8O2/c1-19-14-16-33-18-22(19)13-12-21-8-6-11-24-25(21)31(41)39(23-9-4-3-5-10-23)28(36-24)20(2)35-30(40)26-27(32)37-38-17-7-15-34-29(26)38/h3-11,14-18,20H,1-2H3,(H2,32,37)(H,35,40)/t20-/m0/s1. The molecule has 10 nitrogen and oxygen atoms in total. The maximum atomic E-state index is 14.2. The van der Waals surface area contributed by atoms with E-state index in [1.807, 2.05) is 43.3 Å². The van der Waals surface area contributed by atoms with Crippen LogP contribution in [0.15, 0.2) is 90.2 Å². The van der Waals surface area contributed by atoms with Crippen LogP contribution in [-0.4, -0.2) is 35.0 Å². The molecule has 0 saturated carbocycles. The van der Waals surface area contributed by atoms with Gasteiger partial charge in [-0.3, -0.25) is 19.1 Å². The molecule has 0 fully saturated rings. The Morgan fingerprint density at radius 1 is 1.00 bits per heavy atom. The second-order valence-corrected chi connectivity index (χ2v) is 9.43. The second-order valence-electron chi connectivity index (χ2n) is 9.43. The first-order valence-corrected chi connectivity index (χ1v) is 12.9. The Balaban J connectivity index is 1.48. The number of nitrogens with two attached hydrogens (primary N) is 1. The number of rotatable bonds is 4. The van der Waals surface area contributed by atoms with Crippen molar-refractivity contribution in [2.45, 2.75) is 19.9 Å². The summed E-state index contributed by atoms with van der Waals surface area (Å²) in [6.45, 7) is 3.71. The molecule has 0 aliphatic carbocycles. The van der Waals surface area contributed by atoms with Gasteiger partial charge in [-0.1, -0.05) is 36.1 Å². The lowest BCUT2D eigenvalue weighted by Gasteiger charge is -2.20. The quantitative estimate of drug-likeness (QED) is 0.326. The lowest BCUT2D eigenvalue weighted by molar-refractivity contribution is 0.0940. The molecule has 1 atom stereocenters. The smallest absolute Gasteiger partial charge is 0.267 e. The minimum atomic E-state index is -0.689. The van der Waals surface area contributed by atoms with Crippen molar-refractivity contribution in [2.75, 3.05) is 5.73 Å². The van der Waals surface area contributed by atoms with E-state index in [2.05, 4.69) is 32.2 Å². The Morgan fingerprint density at radius 2 is 1.80 bits per heavy atom. The van der Waals surface area contributed by atoms with E-state index in [1.54, 1.807) is 56.0 Å². The predicted molar refractivity (Wildman–Crippen MR) is 156 cm³/mol. The Labute approximate surface area is 234 Å². The van der Waals surface area contributed by atoms with Crippen LogP contribution in [0, 0.1) is 18.8 Å². The van der Waals surface area contributed by atoms with E-state index in [1.165, 1.54) is 9.08 Å². The van der Waals surface area contributed by atoms with E-state index >= 15 is 0 Å². The zero-order valence-electron chi connectivity index (χ0n) is 22.2. The normalized spacial score (nSPS) is 11.7. The monoisotopic (exact) mass is 540 g/mol. The van der Waals surface area contributed by atoms with Gasteiger partial charge in [0.05, 0.1) is 22.6 Å². The van der Waals surface area contributed by atoms with Gasteiger partial charge in [-0.15, -0.1) is 5.10 Å². The van der Waals surface area contributed by atoms with Crippen molar-refractivity contribution in [1.29, 1.82) is 0 Å². The van der Waals surface area contributed by atoms with Gasteiger partial charge in [0, 0.05) is 35.9 Å². The van der Waals surface area contributed by atoms with Crippen LogP contribution in [0.2, 0.25) is 0 Å². The van der Waals surface area contributed by atoms with Crippen molar-refractivity contribution in [3.63, 3.8) is 0 Å². The van der Waals surface area contributed by atoms with Crippen molar-refractivity contribution in [3.05, 3.63) is 124 Å². The van der Waals surface area contributed by atoms with Crippen molar-refractivity contribution < 1.29 is 4.79 Å². The van der Waals surface area contributed by atoms with E-state index in [0.717, 1.165) is 11.1 Å². The first kappa shape index (κ1) is 25.5. The number of nitrogen functional groups attached to an aromatic ring is 1. The Morgan fingerprint density at radius 3 is 2.61 bits per heavy atom. The van der Waals surface area contributed by atoms with Crippen molar-refractivity contribution >= 4 is 28.3 Å². The maximum absolute atomic E-state index is 14.2.